The van der Waals surface area contributed by atoms with Gasteiger partial charge in [-0.05, 0) is 17.7 Å². The van der Waals surface area contributed by atoms with Crippen molar-refractivity contribution in [3.63, 3.8) is 0 Å². The molecule has 0 bridgehead atoms. The summed E-state index contributed by atoms with van der Waals surface area (Å²) < 4.78 is 7.50. The number of rotatable bonds is 7. The third-order valence-corrected chi connectivity index (χ3v) is 5.75. The fourth-order valence-electron chi connectivity index (χ4n) is 3.43. The second-order valence-electron chi connectivity index (χ2n) is 6.92. The van der Waals surface area contributed by atoms with E-state index in [1.165, 1.54) is 11.3 Å². The van der Waals surface area contributed by atoms with Crippen LogP contribution in [-0.4, -0.2) is 41.1 Å². The summed E-state index contributed by atoms with van der Waals surface area (Å²) >= 11 is 1.50. The van der Waals surface area contributed by atoms with Crippen molar-refractivity contribution in [2.75, 3.05) is 20.8 Å². The third-order valence-electron chi connectivity index (χ3n) is 4.88. The molecule has 4 rings (SSSR count). The Balaban J connectivity index is 1.61. The number of para-hydroxylation sites is 1. The highest BCUT2D eigenvalue weighted by Gasteiger charge is 2.19. The molecular weight excluding hydrogens is 382 g/mol. The number of ether oxygens (including phenoxy) is 1. The molecule has 0 spiro atoms. The monoisotopic (exact) mass is 405 g/mol. The van der Waals surface area contributed by atoms with Crippen molar-refractivity contribution in [2.45, 2.75) is 13.1 Å². The Kier molecular flexibility index (Phi) is 5.74. The van der Waals surface area contributed by atoms with Crippen LogP contribution in [0.3, 0.4) is 0 Å². The minimum Gasteiger partial charge on any atom is -0.383 e. The zero-order valence-electron chi connectivity index (χ0n) is 16.5. The Morgan fingerprint density at radius 2 is 1.90 bits per heavy atom. The molecule has 0 N–H and O–H groups in total. The minimum atomic E-state index is -0.0732. The van der Waals surface area contributed by atoms with Gasteiger partial charge in [-0.25, -0.2) is 4.98 Å². The Hall–Kier alpha value is -2.96. The fourth-order valence-corrected chi connectivity index (χ4v) is 4.24. The lowest BCUT2D eigenvalue weighted by atomic mass is 10.2. The van der Waals surface area contributed by atoms with E-state index in [1.807, 2.05) is 54.9 Å². The highest BCUT2D eigenvalue weighted by atomic mass is 32.1. The molecule has 0 aliphatic carbocycles. The number of amides is 1. The van der Waals surface area contributed by atoms with E-state index < -0.39 is 0 Å². The molecule has 0 saturated carbocycles. The Morgan fingerprint density at radius 1 is 1.14 bits per heavy atom. The maximum absolute atomic E-state index is 12.9. The number of thiazole rings is 1. The molecule has 1 amide bonds. The summed E-state index contributed by atoms with van der Waals surface area (Å²) in [5.74, 6) is -0.0732. The number of carbonyl (C=O) groups excluding carboxylic acids is 1. The van der Waals surface area contributed by atoms with E-state index in [-0.39, 0.29) is 5.91 Å². The van der Waals surface area contributed by atoms with E-state index in [4.69, 9.17) is 4.74 Å². The average molecular weight is 406 g/mol. The van der Waals surface area contributed by atoms with Gasteiger partial charge in [0.2, 0.25) is 0 Å². The van der Waals surface area contributed by atoms with Crippen LogP contribution in [0.2, 0.25) is 0 Å². The van der Waals surface area contributed by atoms with Gasteiger partial charge in [0.25, 0.3) is 5.91 Å². The van der Waals surface area contributed by atoms with Crippen LogP contribution in [0.1, 0.15) is 16.1 Å². The molecule has 0 atom stereocenters. The number of hydrogen-bond donors (Lipinski definition) is 0. The molecule has 2 heterocycles. The predicted molar refractivity (Wildman–Crippen MR) is 117 cm³/mol. The molecule has 5 nitrogen and oxygen atoms in total. The molecule has 2 aromatic carbocycles. The minimum absolute atomic E-state index is 0.0732. The summed E-state index contributed by atoms with van der Waals surface area (Å²) in [5, 5.41) is 3.84. The topological polar surface area (TPSA) is 47.4 Å². The molecular formula is C23H23N3O2S. The lowest BCUT2D eigenvalue weighted by molar-refractivity contribution is 0.0780. The highest BCUT2D eigenvalue weighted by molar-refractivity contribution is 7.13. The second-order valence-corrected chi connectivity index (χ2v) is 7.78. The van der Waals surface area contributed by atoms with Crippen LogP contribution < -0.4 is 0 Å². The smallest absolute Gasteiger partial charge is 0.273 e. The number of carbonyl (C=O) groups is 1. The van der Waals surface area contributed by atoms with E-state index in [0.717, 1.165) is 33.7 Å². The molecule has 0 aliphatic rings. The van der Waals surface area contributed by atoms with Crippen LogP contribution in [0.25, 0.3) is 21.6 Å². The first-order valence-electron chi connectivity index (χ1n) is 9.50. The number of nitrogens with zero attached hydrogens (tertiary/aromatic N) is 3. The first-order valence-corrected chi connectivity index (χ1v) is 10.4. The summed E-state index contributed by atoms with van der Waals surface area (Å²) in [4.78, 5) is 19.2. The van der Waals surface area contributed by atoms with Crippen molar-refractivity contribution in [3.8, 4) is 10.7 Å². The van der Waals surface area contributed by atoms with Gasteiger partial charge in [0, 0.05) is 43.5 Å². The van der Waals surface area contributed by atoms with Crippen molar-refractivity contribution in [2.24, 2.45) is 0 Å². The van der Waals surface area contributed by atoms with Gasteiger partial charge in [0.05, 0.1) is 12.3 Å². The van der Waals surface area contributed by atoms with E-state index in [1.54, 1.807) is 12.0 Å². The maximum Gasteiger partial charge on any atom is 0.273 e. The first-order chi connectivity index (χ1) is 14.2. The van der Waals surface area contributed by atoms with Crippen LogP contribution in [0.5, 0.6) is 0 Å². The predicted octanol–water partition coefficient (Wildman–Crippen LogP) is 4.68. The van der Waals surface area contributed by atoms with Gasteiger partial charge in [0.1, 0.15) is 10.7 Å². The molecule has 6 heteroatoms. The van der Waals surface area contributed by atoms with E-state index >= 15 is 0 Å². The third kappa shape index (κ3) is 4.09. The van der Waals surface area contributed by atoms with E-state index in [2.05, 4.69) is 27.8 Å². The normalized spacial score (nSPS) is 11.1. The zero-order chi connectivity index (χ0) is 20.2. The number of hydrogen-bond acceptors (Lipinski definition) is 4. The quantitative estimate of drug-likeness (QED) is 0.448. The van der Waals surface area contributed by atoms with Gasteiger partial charge in [-0.2, -0.15) is 0 Å². The summed E-state index contributed by atoms with van der Waals surface area (Å²) in [6, 6.07) is 20.4. The van der Waals surface area contributed by atoms with Crippen molar-refractivity contribution >= 4 is 28.1 Å². The summed E-state index contributed by atoms with van der Waals surface area (Å²) in [5.41, 5.74) is 3.73. The maximum atomic E-state index is 12.9. The molecule has 0 unspecified atom stereocenters. The molecule has 2 aromatic heterocycles. The number of aromatic nitrogens is 2. The summed E-state index contributed by atoms with van der Waals surface area (Å²) in [7, 11) is 3.51. The number of methoxy groups -OCH3 is 1. The van der Waals surface area contributed by atoms with Crippen LogP contribution in [0, 0.1) is 0 Å². The fraction of sp³-hybridized carbons (Fsp3) is 0.217. The molecule has 0 fully saturated rings. The number of fused-ring (bicyclic) bond motifs is 1. The van der Waals surface area contributed by atoms with Crippen molar-refractivity contribution in [1.82, 2.24) is 14.5 Å². The lowest BCUT2D eigenvalue weighted by Crippen LogP contribution is -2.26. The van der Waals surface area contributed by atoms with Crippen LogP contribution >= 0.6 is 11.3 Å². The van der Waals surface area contributed by atoms with Crippen LogP contribution in [-0.2, 0) is 17.8 Å². The van der Waals surface area contributed by atoms with Gasteiger partial charge in [0.15, 0.2) is 0 Å². The van der Waals surface area contributed by atoms with Crippen LogP contribution in [0.15, 0.2) is 66.0 Å². The molecule has 0 aliphatic heterocycles. The van der Waals surface area contributed by atoms with Gasteiger partial charge in [-0.1, -0.05) is 48.5 Å². The van der Waals surface area contributed by atoms with E-state index in [0.29, 0.717) is 18.8 Å². The summed E-state index contributed by atoms with van der Waals surface area (Å²) in [6.07, 6.45) is 0. The van der Waals surface area contributed by atoms with Gasteiger partial charge in [-0.15, -0.1) is 11.3 Å². The molecule has 29 heavy (non-hydrogen) atoms. The SMILES string of the molecule is COCCn1c(-c2nc(C(=O)N(C)Cc3ccccc3)cs2)cc2ccccc21. The van der Waals surface area contributed by atoms with Crippen LogP contribution in [0.4, 0.5) is 0 Å². The molecule has 0 saturated heterocycles. The lowest BCUT2D eigenvalue weighted by Gasteiger charge is -2.15. The summed E-state index contributed by atoms with van der Waals surface area (Å²) in [6.45, 7) is 1.90. The zero-order valence-corrected chi connectivity index (χ0v) is 17.4. The standard InChI is InChI=1S/C23H23N3O2S/c1-25(15-17-8-4-3-5-9-17)23(27)19-16-29-22(24-19)21-14-18-10-6-7-11-20(18)26(21)12-13-28-2/h3-11,14,16H,12-13,15H2,1-2H3. The Labute approximate surface area is 174 Å². The van der Waals surface area contributed by atoms with Gasteiger partial charge >= 0.3 is 0 Å². The van der Waals surface area contributed by atoms with Crippen molar-refractivity contribution in [1.29, 1.82) is 0 Å². The van der Waals surface area contributed by atoms with Gasteiger partial charge in [-0.3, -0.25) is 4.79 Å². The van der Waals surface area contributed by atoms with E-state index in [9.17, 15) is 4.79 Å². The largest absolute Gasteiger partial charge is 0.383 e. The highest BCUT2D eigenvalue weighted by Crippen LogP contribution is 2.30. The Bertz CT molecular complexity index is 1120. The Morgan fingerprint density at radius 3 is 2.69 bits per heavy atom. The van der Waals surface area contributed by atoms with Gasteiger partial charge < -0.3 is 14.2 Å². The average Bonchev–Trinajstić information content (AvgIpc) is 3.37. The molecule has 148 valence electrons. The molecule has 4 aromatic rings. The number of benzene rings is 2. The van der Waals surface area contributed by atoms with Crippen molar-refractivity contribution < 1.29 is 9.53 Å². The first kappa shape index (κ1) is 19.4. The van der Waals surface area contributed by atoms with Crippen molar-refractivity contribution in [3.05, 3.63) is 77.3 Å². The molecule has 0 radical (unpaired) electrons. The second kappa shape index (κ2) is 8.59.